The number of nitrogens with one attached hydrogen (secondary N) is 3. The van der Waals surface area contributed by atoms with Gasteiger partial charge < -0.3 is 10.6 Å². The van der Waals surface area contributed by atoms with E-state index in [4.69, 9.17) is 0 Å². The number of hydrogen-bond acceptors (Lipinski definition) is 3. The molecule has 6 heteroatoms. The number of aromatic nitrogens is 2. The number of aromatic amines is 1. The Morgan fingerprint density at radius 1 is 1.32 bits per heavy atom. The highest BCUT2D eigenvalue weighted by atomic mass is 35.5. The molecular weight excluding hydrogens is 264 g/mol. The second-order valence-corrected chi connectivity index (χ2v) is 4.69. The number of rotatable bonds is 2. The van der Waals surface area contributed by atoms with Crippen molar-refractivity contribution in [1.82, 2.24) is 15.5 Å². The van der Waals surface area contributed by atoms with Crippen LogP contribution in [0.5, 0.6) is 0 Å². The Morgan fingerprint density at radius 2 is 2.11 bits per heavy atom. The average Bonchev–Trinajstić information content (AvgIpc) is 2.87. The molecule has 1 aliphatic rings. The third kappa shape index (κ3) is 3.05. The van der Waals surface area contributed by atoms with E-state index in [2.05, 4.69) is 20.8 Å². The monoisotopic (exact) mass is 280 g/mol. The van der Waals surface area contributed by atoms with E-state index in [1.807, 2.05) is 18.2 Å². The summed E-state index contributed by atoms with van der Waals surface area (Å²) in [7, 11) is 0. The molecule has 0 atom stereocenters. The first-order chi connectivity index (χ1) is 8.83. The van der Waals surface area contributed by atoms with Gasteiger partial charge in [-0.2, -0.15) is 5.10 Å². The fourth-order valence-corrected chi connectivity index (χ4v) is 2.35. The average molecular weight is 281 g/mol. The van der Waals surface area contributed by atoms with Crippen LogP contribution in [0.2, 0.25) is 0 Å². The first-order valence-electron chi connectivity index (χ1n) is 6.27. The van der Waals surface area contributed by atoms with Gasteiger partial charge in [-0.25, -0.2) is 0 Å². The molecule has 0 unspecified atom stereocenters. The topological polar surface area (TPSA) is 69.8 Å². The molecule has 0 bridgehead atoms. The van der Waals surface area contributed by atoms with Gasteiger partial charge in [0.25, 0.3) is 0 Å². The molecule has 0 radical (unpaired) electrons. The van der Waals surface area contributed by atoms with Crippen LogP contribution in [0, 0.1) is 5.92 Å². The van der Waals surface area contributed by atoms with Crippen molar-refractivity contribution in [3.05, 3.63) is 24.4 Å². The molecule has 0 spiro atoms. The van der Waals surface area contributed by atoms with E-state index in [0.717, 1.165) is 42.5 Å². The van der Waals surface area contributed by atoms with E-state index in [1.165, 1.54) is 0 Å². The van der Waals surface area contributed by atoms with Crippen LogP contribution < -0.4 is 10.6 Å². The summed E-state index contributed by atoms with van der Waals surface area (Å²) in [5.41, 5.74) is 1.82. The zero-order valence-electron chi connectivity index (χ0n) is 10.5. The largest absolute Gasteiger partial charge is 0.326 e. The van der Waals surface area contributed by atoms with E-state index >= 15 is 0 Å². The number of carbonyl (C=O) groups is 1. The maximum absolute atomic E-state index is 12.1. The van der Waals surface area contributed by atoms with Crippen molar-refractivity contribution in [1.29, 1.82) is 0 Å². The van der Waals surface area contributed by atoms with Gasteiger partial charge in [0.1, 0.15) is 0 Å². The van der Waals surface area contributed by atoms with Crippen molar-refractivity contribution in [3.63, 3.8) is 0 Å². The molecule has 1 aromatic carbocycles. The molecule has 5 nitrogen and oxygen atoms in total. The van der Waals surface area contributed by atoms with Crippen molar-refractivity contribution < 1.29 is 4.79 Å². The number of piperidine rings is 1. The number of hydrogen-bond donors (Lipinski definition) is 3. The molecule has 1 aromatic heterocycles. The molecule has 3 N–H and O–H groups in total. The van der Waals surface area contributed by atoms with Crippen LogP contribution in [0.4, 0.5) is 5.69 Å². The summed E-state index contributed by atoms with van der Waals surface area (Å²) in [4.78, 5) is 12.1. The van der Waals surface area contributed by atoms with Crippen LogP contribution in [0.15, 0.2) is 24.4 Å². The van der Waals surface area contributed by atoms with Gasteiger partial charge in [-0.15, -0.1) is 12.4 Å². The molecule has 2 aromatic rings. The van der Waals surface area contributed by atoms with Crippen LogP contribution in [-0.4, -0.2) is 29.2 Å². The lowest BCUT2D eigenvalue weighted by Crippen LogP contribution is -2.34. The molecule has 1 amide bonds. The smallest absolute Gasteiger partial charge is 0.227 e. The van der Waals surface area contributed by atoms with Crippen LogP contribution in [0.1, 0.15) is 12.8 Å². The van der Waals surface area contributed by atoms with E-state index in [-0.39, 0.29) is 24.2 Å². The molecule has 3 rings (SSSR count). The minimum atomic E-state index is 0. The molecule has 102 valence electrons. The highest BCUT2D eigenvalue weighted by Crippen LogP contribution is 2.19. The van der Waals surface area contributed by atoms with Crippen LogP contribution >= 0.6 is 12.4 Å². The highest BCUT2D eigenvalue weighted by molar-refractivity contribution is 5.94. The minimum Gasteiger partial charge on any atom is -0.326 e. The van der Waals surface area contributed by atoms with E-state index in [0.29, 0.717) is 0 Å². The molecule has 1 saturated heterocycles. The maximum atomic E-state index is 12.1. The number of halogens is 1. The zero-order valence-corrected chi connectivity index (χ0v) is 11.3. The number of nitrogens with zero attached hydrogens (tertiary/aromatic N) is 1. The quantitative estimate of drug-likeness (QED) is 0.787. The predicted molar refractivity (Wildman–Crippen MR) is 77.6 cm³/mol. The second kappa shape index (κ2) is 6.04. The lowest BCUT2D eigenvalue weighted by atomic mass is 9.97. The van der Waals surface area contributed by atoms with Gasteiger partial charge in [-0.05, 0) is 44.1 Å². The summed E-state index contributed by atoms with van der Waals surface area (Å²) in [6.45, 7) is 1.86. The number of amides is 1. The van der Waals surface area contributed by atoms with Gasteiger partial charge in [-0.1, -0.05) is 0 Å². The normalized spacial score (nSPS) is 16.0. The third-order valence-electron chi connectivity index (χ3n) is 3.42. The number of anilines is 1. The Bertz CT molecular complexity index is 563. The van der Waals surface area contributed by atoms with Crippen molar-refractivity contribution in [2.24, 2.45) is 5.92 Å². The third-order valence-corrected chi connectivity index (χ3v) is 3.42. The number of fused-ring (bicyclic) bond motifs is 1. The summed E-state index contributed by atoms with van der Waals surface area (Å²) in [5, 5.41) is 14.1. The Morgan fingerprint density at radius 3 is 2.89 bits per heavy atom. The van der Waals surface area contributed by atoms with E-state index in [1.54, 1.807) is 6.20 Å². The Hall–Kier alpha value is -1.59. The zero-order chi connectivity index (χ0) is 12.4. The highest BCUT2D eigenvalue weighted by Gasteiger charge is 2.20. The minimum absolute atomic E-state index is 0. The summed E-state index contributed by atoms with van der Waals surface area (Å²) < 4.78 is 0. The molecule has 1 fully saturated rings. The predicted octanol–water partition coefficient (Wildman–Crippen LogP) is 1.92. The summed E-state index contributed by atoms with van der Waals surface area (Å²) in [6, 6.07) is 5.78. The summed E-state index contributed by atoms with van der Waals surface area (Å²) in [6.07, 6.45) is 3.59. The number of H-pyrrole nitrogens is 1. The lowest BCUT2D eigenvalue weighted by molar-refractivity contribution is -0.120. The van der Waals surface area contributed by atoms with E-state index < -0.39 is 0 Å². The first-order valence-corrected chi connectivity index (χ1v) is 6.27. The summed E-state index contributed by atoms with van der Waals surface area (Å²) >= 11 is 0. The van der Waals surface area contributed by atoms with Crippen molar-refractivity contribution in [2.75, 3.05) is 18.4 Å². The maximum Gasteiger partial charge on any atom is 0.227 e. The van der Waals surface area contributed by atoms with Crippen LogP contribution in [0.3, 0.4) is 0 Å². The number of carbonyl (C=O) groups excluding carboxylic acids is 1. The second-order valence-electron chi connectivity index (χ2n) is 4.69. The Kier molecular flexibility index (Phi) is 4.39. The van der Waals surface area contributed by atoms with Crippen molar-refractivity contribution >= 4 is 34.9 Å². The molecular formula is C13H17ClN4O. The fraction of sp³-hybridized carbons (Fsp3) is 0.385. The fourth-order valence-electron chi connectivity index (χ4n) is 2.35. The lowest BCUT2D eigenvalue weighted by Gasteiger charge is -2.21. The van der Waals surface area contributed by atoms with Gasteiger partial charge in [0.05, 0.1) is 11.7 Å². The number of benzene rings is 1. The molecule has 0 saturated carbocycles. The molecule has 1 aliphatic heterocycles. The first kappa shape index (κ1) is 13.8. The standard InChI is InChI=1S/C13H16N4O.ClH/c18-13(9-3-5-14-6-4-9)16-11-1-2-12-10(7-11)8-15-17-12;/h1-2,7-9,14H,3-6H2,(H,15,17)(H,16,18);1H. The molecule has 19 heavy (non-hydrogen) atoms. The van der Waals surface area contributed by atoms with Gasteiger partial charge in [0.2, 0.25) is 5.91 Å². The summed E-state index contributed by atoms with van der Waals surface area (Å²) in [5.74, 6) is 0.255. The van der Waals surface area contributed by atoms with Gasteiger partial charge in [0.15, 0.2) is 0 Å². The van der Waals surface area contributed by atoms with Crippen molar-refractivity contribution in [2.45, 2.75) is 12.8 Å². The van der Waals surface area contributed by atoms with Gasteiger partial charge >= 0.3 is 0 Å². The van der Waals surface area contributed by atoms with Crippen LogP contribution in [0.25, 0.3) is 10.9 Å². The molecule has 0 aliphatic carbocycles. The van der Waals surface area contributed by atoms with Crippen molar-refractivity contribution in [3.8, 4) is 0 Å². The van der Waals surface area contributed by atoms with E-state index in [9.17, 15) is 4.79 Å². The van der Waals surface area contributed by atoms with Gasteiger partial charge in [-0.3, -0.25) is 9.89 Å². The SMILES string of the molecule is Cl.O=C(Nc1ccc2[nH]ncc2c1)C1CCNCC1. The molecule has 2 heterocycles. The Balaban J connectivity index is 0.00000133. The Labute approximate surface area is 117 Å². The van der Waals surface area contributed by atoms with Gasteiger partial charge in [0, 0.05) is 17.0 Å². The van der Waals surface area contributed by atoms with Crippen LogP contribution in [-0.2, 0) is 4.79 Å².